The number of esters is 1. The second kappa shape index (κ2) is 8.69. The molecule has 0 aliphatic heterocycles. The smallest absolute Gasteiger partial charge is 0.321 e. The Bertz CT molecular complexity index is 926. The first-order valence-corrected chi connectivity index (χ1v) is 9.12. The first-order chi connectivity index (χ1) is 12.7. The van der Waals surface area contributed by atoms with E-state index < -0.39 is 46.7 Å². The second-order valence-corrected chi connectivity index (χ2v) is 7.27. The number of hydrogen-bond donors (Lipinski definition) is 2. The molecule has 0 aromatic heterocycles. The molecule has 144 valence electrons. The van der Waals surface area contributed by atoms with E-state index in [0.717, 1.165) is 17.7 Å². The van der Waals surface area contributed by atoms with Gasteiger partial charge < -0.3 is 10.1 Å². The molecule has 0 unspecified atom stereocenters. The van der Waals surface area contributed by atoms with Gasteiger partial charge in [0.25, 0.3) is 5.91 Å². The summed E-state index contributed by atoms with van der Waals surface area (Å²) in [6.07, 6.45) is 0. The summed E-state index contributed by atoms with van der Waals surface area (Å²) in [5, 5.41) is 2.15. The number of rotatable bonds is 7. The van der Waals surface area contributed by atoms with Crippen LogP contribution in [0, 0.1) is 18.6 Å². The number of ether oxygens (including phenoxy) is 1. The normalized spacial score (nSPS) is 11.1. The van der Waals surface area contributed by atoms with Crippen LogP contribution in [0.5, 0.6) is 0 Å². The van der Waals surface area contributed by atoms with Gasteiger partial charge in [-0.2, -0.15) is 4.72 Å². The molecule has 0 aliphatic rings. The number of benzene rings is 2. The fraction of sp³-hybridized carbons (Fsp3) is 0.176. The molecule has 1 amide bonds. The number of sulfonamides is 1. The quantitative estimate of drug-likeness (QED) is 0.692. The highest BCUT2D eigenvalue weighted by Crippen LogP contribution is 2.12. The molecule has 0 heterocycles. The minimum Gasteiger partial charge on any atom is -0.455 e. The molecule has 0 aliphatic carbocycles. The lowest BCUT2D eigenvalue weighted by Gasteiger charge is -2.08. The molecule has 0 saturated heterocycles. The predicted molar refractivity (Wildman–Crippen MR) is 92.3 cm³/mol. The first-order valence-electron chi connectivity index (χ1n) is 7.63. The summed E-state index contributed by atoms with van der Waals surface area (Å²) in [6, 6.07) is 8.38. The summed E-state index contributed by atoms with van der Waals surface area (Å²) in [6.45, 7) is 0.367. The van der Waals surface area contributed by atoms with E-state index in [1.54, 1.807) is 19.1 Å². The van der Waals surface area contributed by atoms with E-state index in [4.69, 9.17) is 0 Å². The van der Waals surface area contributed by atoms with Crippen LogP contribution >= 0.6 is 0 Å². The van der Waals surface area contributed by atoms with Gasteiger partial charge in [-0.25, -0.2) is 17.2 Å². The number of carbonyl (C=O) groups is 2. The Hall–Kier alpha value is -2.85. The van der Waals surface area contributed by atoms with Crippen molar-refractivity contribution in [2.45, 2.75) is 11.8 Å². The van der Waals surface area contributed by atoms with Gasteiger partial charge in [0.15, 0.2) is 6.61 Å². The molecule has 7 nitrogen and oxygen atoms in total. The predicted octanol–water partition coefficient (Wildman–Crippen LogP) is 1.73. The zero-order valence-electron chi connectivity index (χ0n) is 14.2. The van der Waals surface area contributed by atoms with Gasteiger partial charge in [0, 0.05) is 11.8 Å². The van der Waals surface area contributed by atoms with Gasteiger partial charge in [-0.3, -0.25) is 9.59 Å². The summed E-state index contributed by atoms with van der Waals surface area (Å²) < 4.78 is 56.8. The summed E-state index contributed by atoms with van der Waals surface area (Å²) in [4.78, 5) is 23.2. The third-order valence-electron chi connectivity index (χ3n) is 3.25. The van der Waals surface area contributed by atoms with Crippen molar-refractivity contribution in [1.29, 1.82) is 0 Å². The number of halogens is 2. The lowest BCUT2D eigenvalue weighted by molar-refractivity contribution is -0.146. The van der Waals surface area contributed by atoms with E-state index >= 15 is 0 Å². The number of amides is 1. The van der Waals surface area contributed by atoms with E-state index in [-0.39, 0.29) is 10.6 Å². The lowest BCUT2D eigenvalue weighted by atomic mass is 10.2. The van der Waals surface area contributed by atoms with Gasteiger partial charge in [-0.1, -0.05) is 17.7 Å². The van der Waals surface area contributed by atoms with Gasteiger partial charge in [-0.05, 0) is 31.2 Å². The van der Waals surface area contributed by atoms with Gasteiger partial charge >= 0.3 is 5.97 Å². The van der Waals surface area contributed by atoms with Crippen LogP contribution in [0.1, 0.15) is 5.56 Å². The number of anilines is 1. The Labute approximate surface area is 154 Å². The van der Waals surface area contributed by atoms with E-state index in [2.05, 4.69) is 10.1 Å². The fourth-order valence-corrected chi connectivity index (χ4v) is 2.94. The molecule has 0 spiro atoms. The van der Waals surface area contributed by atoms with Crippen molar-refractivity contribution >= 4 is 27.6 Å². The Balaban J connectivity index is 1.81. The van der Waals surface area contributed by atoms with Crippen LogP contribution < -0.4 is 10.0 Å². The molecule has 2 aromatic rings. The average Bonchev–Trinajstić information content (AvgIpc) is 2.57. The summed E-state index contributed by atoms with van der Waals surface area (Å²) >= 11 is 0. The first kappa shape index (κ1) is 20.5. The maximum atomic E-state index is 13.0. The topological polar surface area (TPSA) is 102 Å². The van der Waals surface area contributed by atoms with E-state index in [0.29, 0.717) is 6.07 Å². The van der Waals surface area contributed by atoms with Crippen LogP contribution in [-0.2, 0) is 24.3 Å². The van der Waals surface area contributed by atoms with Gasteiger partial charge in [0.2, 0.25) is 10.0 Å². The van der Waals surface area contributed by atoms with E-state index in [1.165, 1.54) is 12.1 Å². The molecule has 2 N–H and O–H groups in total. The van der Waals surface area contributed by atoms with Crippen molar-refractivity contribution < 1.29 is 31.5 Å². The highest BCUT2D eigenvalue weighted by molar-refractivity contribution is 7.89. The molecule has 10 heteroatoms. The Morgan fingerprint density at radius 3 is 2.22 bits per heavy atom. The fourth-order valence-electron chi connectivity index (χ4n) is 1.97. The molecule has 0 saturated carbocycles. The zero-order chi connectivity index (χ0) is 20.0. The van der Waals surface area contributed by atoms with E-state index in [1.807, 2.05) is 4.72 Å². The van der Waals surface area contributed by atoms with Crippen LogP contribution in [-0.4, -0.2) is 33.4 Å². The maximum absolute atomic E-state index is 13.0. The number of hydrogen-bond acceptors (Lipinski definition) is 5. The monoisotopic (exact) mass is 398 g/mol. The SMILES string of the molecule is Cc1ccc(S(=O)(=O)NCC(=O)OCC(=O)Nc2cc(F)cc(F)c2)cc1. The molecule has 0 radical (unpaired) electrons. The van der Waals surface area contributed by atoms with Crippen LogP contribution in [0.4, 0.5) is 14.5 Å². The molecule has 2 rings (SSSR count). The number of nitrogens with one attached hydrogen (secondary N) is 2. The summed E-state index contributed by atoms with van der Waals surface area (Å²) in [7, 11) is -3.90. The molecular formula is C17H16F2N2O5S. The minimum absolute atomic E-state index is 0.0215. The van der Waals surface area contributed by atoms with Gasteiger partial charge in [0.1, 0.15) is 18.2 Å². The van der Waals surface area contributed by atoms with Crippen molar-refractivity contribution in [3.05, 3.63) is 59.7 Å². The van der Waals surface area contributed by atoms with Crippen molar-refractivity contribution in [2.75, 3.05) is 18.5 Å². The third kappa shape index (κ3) is 6.42. The molecule has 0 bridgehead atoms. The Morgan fingerprint density at radius 2 is 1.63 bits per heavy atom. The van der Waals surface area contributed by atoms with Crippen molar-refractivity contribution in [2.24, 2.45) is 0 Å². The Morgan fingerprint density at radius 1 is 1.04 bits per heavy atom. The molecular weight excluding hydrogens is 382 g/mol. The number of aryl methyl sites for hydroxylation is 1. The largest absolute Gasteiger partial charge is 0.455 e. The summed E-state index contributed by atoms with van der Waals surface area (Å²) in [5.41, 5.74) is 0.728. The summed E-state index contributed by atoms with van der Waals surface area (Å²) in [5.74, 6) is -3.60. The van der Waals surface area contributed by atoms with Gasteiger partial charge in [0.05, 0.1) is 4.90 Å². The molecule has 2 aromatic carbocycles. The zero-order valence-corrected chi connectivity index (χ0v) is 15.0. The van der Waals surface area contributed by atoms with Crippen molar-refractivity contribution in [1.82, 2.24) is 4.72 Å². The van der Waals surface area contributed by atoms with Crippen molar-refractivity contribution in [3.63, 3.8) is 0 Å². The van der Waals surface area contributed by atoms with Crippen LogP contribution in [0.25, 0.3) is 0 Å². The molecule has 27 heavy (non-hydrogen) atoms. The maximum Gasteiger partial charge on any atom is 0.321 e. The molecule has 0 fully saturated rings. The number of carbonyl (C=O) groups excluding carboxylic acids is 2. The van der Waals surface area contributed by atoms with Crippen LogP contribution in [0.3, 0.4) is 0 Å². The minimum atomic E-state index is -3.90. The third-order valence-corrected chi connectivity index (χ3v) is 4.67. The molecule has 0 atom stereocenters. The lowest BCUT2D eigenvalue weighted by Crippen LogP contribution is -2.32. The van der Waals surface area contributed by atoms with Gasteiger partial charge in [-0.15, -0.1) is 0 Å². The second-order valence-electron chi connectivity index (χ2n) is 5.50. The Kier molecular flexibility index (Phi) is 6.59. The highest BCUT2D eigenvalue weighted by atomic mass is 32.2. The van der Waals surface area contributed by atoms with Crippen LogP contribution in [0.15, 0.2) is 47.4 Å². The standard InChI is InChI=1S/C17H16F2N2O5S/c1-11-2-4-15(5-3-11)27(24,25)20-9-17(23)26-10-16(22)21-14-7-12(18)6-13(19)8-14/h2-8,20H,9-10H2,1H3,(H,21,22). The van der Waals surface area contributed by atoms with Crippen LogP contribution in [0.2, 0.25) is 0 Å². The van der Waals surface area contributed by atoms with Crippen molar-refractivity contribution in [3.8, 4) is 0 Å². The average molecular weight is 398 g/mol. The van der Waals surface area contributed by atoms with E-state index in [9.17, 15) is 26.8 Å². The highest BCUT2D eigenvalue weighted by Gasteiger charge is 2.16.